The second kappa shape index (κ2) is 6.73. The summed E-state index contributed by atoms with van der Waals surface area (Å²) in [4.78, 5) is 4.46. The van der Waals surface area contributed by atoms with Crippen LogP contribution in [0.2, 0.25) is 0 Å². The second-order valence-corrected chi connectivity index (χ2v) is 7.74. The highest BCUT2D eigenvalue weighted by molar-refractivity contribution is 9.10. The highest BCUT2D eigenvalue weighted by atomic mass is 79.9. The van der Waals surface area contributed by atoms with E-state index in [1.54, 1.807) is 7.11 Å². The molecule has 0 bridgehead atoms. The lowest BCUT2D eigenvalue weighted by Crippen LogP contribution is -2.57. The molecule has 1 fully saturated rings. The molecular weight excluding hydrogens is 330 g/mol. The Hall–Kier alpha value is -0.490. The molecule has 1 aliphatic rings. The van der Waals surface area contributed by atoms with Crippen molar-refractivity contribution in [2.45, 2.75) is 57.6 Å². The number of hydrogen-bond donors (Lipinski definition) is 2. The lowest BCUT2D eigenvalue weighted by molar-refractivity contribution is -0.0863. The minimum atomic E-state index is -0.195. The summed E-state index contributed by atoms with van der Waals surface area (Å²) in [7, 11) is 1.80. The van der Waals surface area contributed by atoms with Crippen molar-refractivity contribution in [1.82, 2.24) is 10.4 Å². The van der Waals surface area contributed by atoms with Gasteiger partial charge in [-0.25, -0.2) is 0 Å². The standard InChI is InChI=1S/C16H26BrN3O/c1-15(2)6-8-16(21-3,9-7-15)14(20-18)10-13-5-4-12(17)11-19-13/h4-5,11,14,20H,6-10,18H2,1-3H3. The number of methoxy groups -OCH3 is 1. The summed E-state index contributed by atoms with van der Waals surface area (Å²) in [6.45, 7) is 4.65. The lowest BCUT2D eigenvalue weighted by Gasteiger charge is -2.46. The Labute approximate surface area is 136 Å². The van der Waals surface area contributed by atoms with Crippen LogP contribution in [0.4, 0.5) is 0 Å². The highest BCUT2D eigenvalue weighted by Crippen LogP contribution is 2.43. The molecule has 1 unspecified atom stereocenters. The molecule has 118 valence electrons. The van der Waals surface area contributed by atoms with Gasteiger partial charge in [0.15, 0.2) is 0 Å². The molecular formula is C16H26BrN3O. The zero-order valence-corrected chi connectivity index (χ0v) is 14.7. The van der Waals surface area contributed by atoms with Crippen molar-refractivity contribution in [3.63, 3.8) is 0 Å². The Morgan fingerprint density at radius 3 is 2.48 bits per heavy atom. The first kappa shape index (κ1) is 16.9. The van der Waals surface area contributed by atoms with Gasteiger partial charge in [-0.15, -0.1) is 0 Å². The van der Waals surface area contributed by atoms with Crippen molar-refractivity contribution in [3.05, 3.63) is 28.5 Å². The van der Waals surface area contributed by atoms with Crippen LogP contribution in [0.1, 0.15) is 45.2 Å². The van der Waals surface area contributed by atoms with Crippen LogP contribution in [-0.4, -0.2) is 23.7 Å². The van der Waals surface area contributed by atoms with Gasteiger partial charge in [0.05, 0.1) is 11.6 Å². The van der Waals surface area contributed by atoms with Gasteiger partial charge in [0, 0.05) is 29.9 Å². The van der Waals surface area contributed by atoms with Gasteiger partial charge in [0.1, 0.15) is 0 Å². The Morgan fingerprint density at radius 1 is 1.33 bits per heavy atom. The van der Waals surface area contributed by atoms with Gasteiger partial charge in [-0.2, -0.15) is 0 Å². The van der Waals surface area contributed by atoms with Crippen LogP contribution in [0, 0.1) is 5.41 Å². The summed E-state index contributed by atoms with van der Waals surface area (Å²) in [6, 6.07) is 4.12. The van der Waals surface area contributed by atoms with E-state index in [0.717, 1.165) is 42.3 Å². The number of ether oxygens (including phenoxy) is 1. The van der Waals surface area contributed by atoms with Gasteiger partial charge in [0.2, 0.25) is 0 Å². The number of hydrazine groups is 1. The number of nitrogens with two attached hydrogens (primary N) is 1. The van der Waals surface area contributed by atoms with E-state index in [-0.39, 0.29) is 11.6 Å². The Bertz CT molecular complexity index is 451. The van der Waals surface area contributed by atoms with Gasteiger partial charge in [-0.1, -0.05) is 13.8 Å². The van der Waals surface area contributed by atoms with E-state index in [1.165, 1.54) is 0 Å². The van der Waals surface area contributed by atoms with Gasteiger partial charge in [-0.3, -0.25) is 16.3 Å². The average Bonchev–Trinajstić information content (AvgIpc) is 2.48. The van der Waals surface area contributed by atoms with E-state index >= 15 is 0 Å². The van der Waals surface area contributed by atoms with Crippen molar-refractivity contribution < 1.29 is 4.74 Å². The van der Waals surface area contributed by atoms with Crippen LogP contribution in [0.3, 0.4) is 0 Å². The van der Waals surface area contributed by atoms with E-state index < -0.39 is 0 Å². The molecule has 1 heterocycles. The van der Waals surface area contributed by atoms with Crippen LogP contribution in [0.5, 0.6) is 0 Å². The van der Waals surface area contributed by atoms with E-state index in [4.69, 9.17) is 10.6 Å². The quantitative estimate of drug-likeness (QED) is 0.628. The monoisotopic (exact) mass is 355 g/mol. The first-order valence-corrected chi connectivity index (χ1v) is 8.32. The fraction of sp³-hybridized carbons (Fsp3) is 0.688. The van der Waals surface area contributed by atoms with Crippen LogP contribution < -0.4 is 11.3 Å². The van der Waals surface area contributed by atoms with E-state index in [2.05, 4.69) is 40.2 Å². The third-order valence-corrected chi connectivity index (χ3v) is 5.36. The molecule has 5 heteroatoms. The number of pyridine rings is 1. The van der Waals surface area contributed by atoms with E-state index in [1.807, 2.05) is 18.3 Å². The molecule has 0 amide bonds. The van der Waals surface area contributed by atoms with Crippen molar-refractivity contribution in [2.24, 2.45) is 11.3 Å². The number of nitrogens with zero attached hydrogens (tertiary/aromatic N) is 1. The Balaban J connectivity index is 2.12. The number of hydrogen-bond acceptors (Lipinski definition) is 4. The maximum absolute atomic E-state index is 5.94. The number of halogens is 1. The maximum Gasteiger partial charge on any atom is 0.0848 e. The fourth-order valence-electron chi connectivity index (χ4n) is 3.18. The first-order valence-electron chi connectivity index (χ1n) is 7.52. The zero-order valence-electron chi connectivity index (χ0n) is 13.2. The molecule has 1 saturated carbocycles. The summed E-state index contributed by atoms with van der Waals surface area (Å²) in [5, 5.41) is 0. The average molecular weight is 356 g/mol. The minimum Gasteiger partial charge on any atom is -0.377 e. The predicted molar refractivity (Wildman–Crippen MR) is 88.7 cm³/mol. The third-order valence-electron chi connectivity index (χ3n) is 4.89. The normalized spacial score (nSPS) is 22.0. The van der Waals surface area contributed by atoms with Crippen molar-refractivity contribution >= 4 is 15.9 Å². The summed E-state index contributed by atoms with van der Waals surface area (Å²) in [5.41, 5.74) is 4.21. The van der Waals surface area contributed by atoms with Gasteiger partial charge < -0.3 is 4.74 Å². The molecule has 0 saturated heterocycles. The topological polar surface area (TPSA) is 60.2 Å². The highest BCUT2D eigenvalue weighted by Gasteiger charge is 2.44. The van der Waals surface area contributed by atoms with Crippen molar-refractivity contribution in [2.75, 3.05) is 7.11 Å². The first-order chi connectivity index (χ1) is 9.91. The lowest BCUT2D eigenvalue weighted by atomic mass is 9.68. The Morgan fingerprint density at radius 2 is 2.00 bits per heavy atom. The smallest absolute Gasteiger partial charge is 0.0848 e. The predicted octanol–water partition coefficient (Wildman–Crippen LogP) is 3.20. The summed E-state index contributed by atoms with van der Waals surface area (Å²) in [5.74, 6) is 5.84. The van der Waals surface area contributed by atoms with E-state index in [9.17, 15) is 0 Å². The van der Waals surface area contributed by atoms with E-state index in [0.29, 0.717) is 5.41 Å². The Kier molecular flexibility index (Phi) is 5.41. The molecule has 1 aromatic rings. The molecule has 4 nitrogen and oxygen atoms in total. The zero-order chi connectivity index (χ0) is 15.5. The third kappa shape index (κ3) is 4.03. The largest absolute Gasteiger partial charge is 0.377 e. The number of aromatic nitrogens is 1. The van der Waals surface area contributed by atoms with Gasteiger partial charge >= 0.3 is 0 Å². The van der Waals surface area contributed by atoms with Gasteiger partial charge in [0.25, 0.3) is 0 Å². The SMILES string of the molecule is COC1(C(Cc2ccc(Br)cn2)NN)CCC(C)(C)CC1. The van der Waals surface area contributed by atoms with Crippen LogP contribution >= 0.6 is 15.9 Å². The fourth-order valence-corrected chi connectivity index (χ4v) is 3.41. The summed E-state index contributed by atoms with van der Waals surface area (Å²) >= 11 is 3.41. The molecule has 0 aromatic carbocycles. The molecule has 1 aliphatic carbocycles. The van der Waals surface area contributed by atoms with Crippen LogP contribution in [-0.2, 0) is 11.2 Å². The molecule has 2 rings (SSSR count). The number of rotatable bonds is 5. The summed E-state index contributed by atoms with van der Waals surface area (Å²) < 4.78 is 6.93. The maximum atomic E-state index is 5.94. The molecule has 3 N–H and O–H groups in total. The second-order valence-electron chi connectivity index (χ2n) is 6.82. The van der Waals surface area contributed by atoms with Crippen LogP contribution in [0.15, 0.2) is 22.8 Å². The molecule has 1 atom stereocenters. The molecule has 0 aliphatic heterocycles. The molecule has 21 heavy (non-hydrogen) atoms. The number of nitrogens with one attached hydrogen (secondary N) is 1. The van der Waals surface area contributed by atoms with Crippen LogP contribution in [0.25, 0.3) is 0 Å². The molecule has 1 aromatic heterocycles. The van der Waals surface area contributed by atoms with Crippen molar-refractivity contribution in [1.29, 1.82) is 0 Å². The molecule has 0 spiro atoms. The van der Waals surface area contributed by atoms with Gasteiger partial charge in [-0.05, 0) is 59.2 Å². The minimum absolute atomic E-state index is 0.0762. The molecule has 0 radical (unpaired) electrons. The van der Waals surface area contributed by atoms with Crippen molar-refractivity contribution in [3.8, 4) is 0 Å². The summed E-state index contributed by atoms with van der Waals surface area (Å²) in [6.07, 6.45) is 6.98.